The number of amides is 2. The number of thiol groups is 1. The highest BCUT2D eigenvalue weighted by Crippen LogP contribution is 2.42. The van der Waals surface area contributed by atoms with E-state index in [1.165, 1.54) is 0 Å². The normalized spacial score (nSPS) is 17.3. The quantitative estimate of drug-likeness (QED) is 0.162. The second kappa shape index (κ2) is 13.7. The number of imidazole rings is 1. The fourth-order valence-corrected chi connectivity index (χ4v) is 6.14. The fraction of sp³-hybridized carbons (Fsp3) is 0.472. The lowest BCUT2D eigenvalue weighted by molar-refractivity contribution is 0.0183. The van der Waals surface area contributed by atoms with Crippen LogP contribution in [0.2, 0.25) is 0 Å². The number of aromatic amines is 1. The summed E-state index contributed by atoms with van der Waals surface area (Å²) in [5, 5.41) is 5.40. The van der Waals surface area contributed by atoms with E-state index in [9.17, 15) is 9.59 Å². The molecule has 4 aromatic rings. The van der Waals surface area contributed by atoms with Crippen LogP contribution in [-0.2, 0) is 14.3 Å². The summed E-state index contributed by atoms with van der Waals surface area (Å²) >= 11 is 4.94. The molecule has 1 fully saturated rings. The van der Waals surface area contributed by atoms with Gasteiger partial charge < -0.3 is 24.7 Å². The summed E-state index contributed by atoms with van der Waals surface area (Å²) in [7, 11) is 1.75. The highest BCUT2D eigenvalue weighted by molar-refractivity contribution is 7.81. The van der Waals surface area contributed by atoms with E-state index in [-0.39, 0.29) is 18.2 Å². The van der Waals surface area contributed by atoms with Crippen molar-refractivity contribution >= 4 is 41.5 Å². The molecule has 2 aromatic heterocycles. The largest absolute Gasteiger partial charge is 0.444 e. The Bertz CT molecular complexity index is 1760. The van der Waals surface area contributed by atoms with Gasteiger partial charge in [0.05, 0.1) is 17.9 Å². The Labute approximate surface area is 288 Å². The number of carbonyl (C=O) groups is 2. The minimum absolute atomic E-state index is 0.0736. The lowest BCUT2D eigenvalue weighted by atomic mass is 10.0. The average Bonchev–Trinajstić information content (AvgIpc) is 3.68. The van der Waals surface area contributed by atoms with E-state index in [0.29, 0.717) is 31.3 Å². The van der Waals surface area contributed by atoms with Crippen LogP contribution in [0.5, 0.6) is 0 Å². The van der Waals surface area contributed by atoms with Gasteiger partial charge in [0.2, 0.25) is 5.95 Å². The minimum Gasteiger partial charge on any atom is -0.444 e. The van der Waals surface area contributed by atoms with Crippen LogP contribution in [0, 0.1) is 0 Å². The first-order chi connectivity index (χ1) is 22.6. The zero-order valence-corrected chi connectivity index (χ0v) is 30.0. The number of nitrogens with zero attached hydrogens (tertiary/aromatic N) is 5. The Balaban J connectivity index is 1.26. The predicted molar refractivity (Wildman–Crippen MR) is 192 cm³/mol. The summed E-state index contributed by atoms with van der Waals surface area (Å²) in [5.74, 6) is 1.12. The zero-order valence-electron chi connectivity index (χ0n) is 29.1. The van der Waals surface area contributed by atoms with Gasteiger partial charge in [0.15, 0.2) is 0 Å². The number of nitrogens with one attached hydrogen (secondary N) is 2. The van der Waals surface area contributed by atoms with Crippen LogP contribution in [0.1, 0.15) is 73.6 Å². The number of benzene rings is 2. The highest BCUT2D eigenvalue weighted by atomic mass is 32.1. The monoisotopic (exact) mass is 673 g/mol. The van der Waals surface area contributed by atoms with Gasteiger partial charge >= 0.3 is 12.2 Å². The number of likely N-dealkylation sites (tertiary alicyclic amines) is 1. The molecule has 1 aliphatic rings. The van der Waals surface area contributed by atoms with E-state index in [4.69, 9.17) is 22.1 Å². The molecule has 2 amide bonds. The molecule has 256 valence electrons. The molecule has 5 rings (SSSR count). The smallest absolute Gasteiger partial charge is 0.411 e. The molecule has 0 radical (unpaired) electrons. The Morgan fingerprint density at radius 3 is 2.21 bits per heavy atom. The summed E-state index contributed by atoms with van der Waals surface area (Å²) in [6.45, 7) is 14.2. The molecule has 2 aromatic carbocycles. The number of anilines is 1. The number of rotatable bonds is 8. The van der Waals surface area contributed by atoms with E-state index >= 15 is 0 Å². The van der Waals surface area contributed by atoms with Gasteiger partial charge in [-0.3, -0.25) is 4.90 Å². The number of hydrogen-bond acceptors (Lipinski definition) is 9. The molecular weight excluding hydrogens is 627 g/mol. The number of ether oxygens (including phenoxy) is 2. The van der Waals surface area contributed by atoms with E-state index in [0.717, 1.165) is 46.0 Å². The van der Waals surface area contributed by atoms with Crippen molar-refractivity contribution in [1.82, 2.24) is 29.7 Å². The van der Waals surface area contributed by atoms with Gasteiger partial charge in [-0.2, -0.15) is 0 Å². The van der Waals surface area contributed by atoms with Crippen LogP contribution in [0.4, 0.5) is 15.5 Å². The van der Waals surface area contributed by atoms with Crippen LogP contribution in [0.3, 0.4) is 0 Å². The molecule has 3 heterocycles. The van der Waals surface area contributed by atoms with Crippen molar-refractivity contribution in [3.8, 4) is 22.4 Å². The first kappa shape index (κ1) is 35.0. The van der Waals surface area contributed by atoms with Crippen molar-refractivity contribution in [2.24, 2.45) is 0 Å². The molecule has 2 unspecified atom stereocenters. The maximum Gasteiger partial charge on any atom is 0.411 e. The molecule has 48 heavy (non-hydrogen) atoms. The Kier molecular flexibility index (Phi) is 9.96. The number of aromatic nitrogens is 4. The molecule has 12 heteroatoms. The minimum atomic E-state index is -0.867. The summed E-state index contributed by atoms with van der Waals surface area (Å²) in [5.41, 5.74) is 2.58. The summed E-state index contributed by atoms with van der Waals surface area (Å²) in [6.07, 6.45) is 6.89. The van der Waals surface area contributed by atoms with Crippen LogP contribution in [0.25, 0.3) is 33.2 Å². The van der Waals surface area contributed by atoms with Gasteiger partial charge in [-0.1, -0.05) is 31.2 Å². The average molecular weight is 674 g/mol. The number of H-pyrrole nitrogens is 1. The molecule has 1 aliphatic heterocycles. The Hall–Kier alpha value is -4.32. The van der Waals surface area contributed by atoms with Crippen molar-refractivity contribution in [2.75, 3.05) is 25.5 Å². The first-order valence-electron chi connectivity index (χ1n) is 16.4. The number of likely N-dealkylation sites (N-methyl/N-ethyl adjacent to an activating group) is 1. The highest BCUT2D eigenvalue weighted by Gasteiger charge is 2.46. The molecule has 0 aliphatic carbocycles. The molecule has 0 spiro atoms. The van der Waals surface area contributed by atoms with Gasteiger partial charge in [0.25, 0.3) is 0 Å². The van der Waals surface area contributed by atoms with Crippen molar-refractivity contribution in [3.05, 3.63) is 60.8 Å². The van der Waals surface area contributed by atoms with Gasteiger partial charge in [-0.15, -0.1) is 12.6 Å². The number of fused-ring (bicyclic) bond motifs is 1. The van der Waals surface area contributed by atoms with Crippen molar-refractivity contribution in [1.29, 1.82) is 0 Å². The topological polar surface area (TPSA) is 126 Å². The molecule has 2 atom stereocenters. The second-order valence-electron chi connectivity index (χ2n) is 14.3. The molecule has 1 saturated heterocycles. The Morgan fingerprint density at radius 1 is 0.958 bits per heavy atom. The third-order valence-electron chi connectivity index (χ3n) is 8.26. The van der Waals surface area contributed by atoms with Crippen LogP contribution < -0.4 is 5.32 Å². The van der Waals surface area contributed by atoms with E-state index in [1.54, 1.807) is 35.4 Å². The zero-order chi connectivity index (χ0) is 34.9. The summed E-state index contributed by atoms with van der Waals surface area (Å²) in [4.78, 5) is 45.0. The van der Waals surface area contributed by atoms with Gasteiger partial charge in [0, 0.05) is 43.7 Å². The summed E-state index contributed by atoms with van der Waals surface area (Å²) < 4.78 is 11.2. The van der Waals surface area contributed by atoms with E-state index in [2.05, 4.69) is 61.7 Å². The number of carbonyl (C=O) groups excluding carboxylic acids is 2. The lowest BCUT2D eigenvalue weighted by Gasteiger charge is -2.34. The third kappa shape index (κ3) is 8.03. The van der Waals surface area contributed by atoms with Crippen LogP contribution in [-0.4, -0.2) is 79.3 Å². The van der Waals surface area contributed by atoms with Crippen molar-refractivity contribution < 1.29 is 19.1 Å². The van der Waals surface area contributed by atoms with Gasteiger partial charge in [0.1, 0.15) is 21.9 Å². The van der Waals surface area contributed by atoms with E-state index < -0.39 is 16.1 Å². The molecule has 11 nitrogen and oxygen atoms in total. The third-order valence-corrected chi connectivity index (χ3v) is 8.93. The van der Waals surface area contributed by atoms with Crippen LogP contribution >= 0.6 is 12.6 Å². The predicted octanol–water partition coefficient (Wildman–Crippen LogP) is 7.86. The SMILES string of the molecule is CCC(CNc1ncc(-c2ccc3cc(-c4cnc(C5(S)CCCN5C(=O)OC(C)(C)C)[nH]4)ccc3c2)cn1)N(C)C(=O)OC(C)(C)C. The van der Waals surface area contributed by atoms with Crippen molar-refractivity contribution in [3.63, 3.8) is 0 Å². The van der Waals surface area contributed by atoms with Gasteiger partial charge in [-0.05, 0) is 89.3 Å². The van der Waals surface area contributed by atoms with Crippen molar-refractivity contribution in [2.45, 2.75) is 89.8 Å². The lowest BCUT2D eigenvalue weighted by Crippen LogP contribution is -2.44. The first-order valence-corrected chi connectivity index (χ1v) is 16.9. The number of hydrogen-bond donors (Lipinski definition) is 3. The summed E-state index contributed by atoms with van der Waals surface area (Å²) in [6, 6.07) is 12.4. The Morgan fingerprint density at radius 2 is 1.58 bits per heavy atom. The fourth-order valence-electron chi connectivity index (χ4n) is 5.69. The van der Waals surface area contributed by atoms with Crippen LogP contribution in [0.15, 0.2) is 55.0 Å². The molecule has 2 N–H and O–H groups in total. The standard InChI is InChI=1S/C36H47N7O4S/c1-9-28(42(8)32(44)46-34(2,3)4)21-40-31-38-19-27(20-39-31)25-12-11-24-18-26(14-13-23(24)17-25)29-22-37-30(41-29)36(48)15-10-16-43(36)33(45)47-35(5,6)7/h11-14,17-20,22,28,48H,9-10,15-16,21H2,1-8H3,(H,37,41)(H,38,39,40). The maximum absolute atomic E-state index is 12.9. The molecule has 0 bridgehead atoms. The maximum atomic E-state index is 12.9. The molecular formula is C36H47N7O4S. The van der Waals surface area contributed by atoms with E-state index in [1.807, 2.05) is 48.5 Å². The molecule has 0 saturated carbocycles. The second-order valence-corrected chi connectivity index (χ2v) is 15.0. The van der Waals surface area contributed by atoms with Gasteiger partial charge in [-0.25, -0.2) is 24.5 Å².